The van der Waals surface area contributed by atoms with Gasteiger partial charge in [0.1, 0.15) is 17.0 Å². The van der Waals surface area contributed by atoms with Crippen molar-refractivity contribution in [3.05, 3.63) is 52.9 Å². The molecule has 0 bridgehead atoms. The Morgan fingerprint density at radius 3 is 2.31 bits per heavy atom. The van der Waals surface area contributed by atoms with Crippen LogP contribution in [0.15, 0.2) is 42.9 Å². The fraction of sp³-hybridized carbons (Fsp3) is 0.100. The van der Waals surface area contributed by atoms with Gasteiger partial charge in [-0.2, -0.15) is 0 Å². The molecule has 4 rings (SSSR count). The van der Waals surface area contributed by atoms with E-state index in [0.29, 0.717) is 44.0 Å². The van der Waals surface area contributed by atoms with Gasteiger partial charge in [0, 0.05) is 41.2 Å². The average Bonchev–Trinajstić information content (AvgIpc) is 2.74. The van der Waals surface area contributed by atoms with Gasteiger partial charge in [0.25, 0.3) is 0 Å². The molecule has 0 aliphatic rings. The van der Waals surface area contributed by atoms with Crippen LogP contribution in [0.1, 0.15) is 0 Å². The number of aromatic nitrogens is 4. The number of hydrogen-bond donors (Lipinski definition) is 1. The van der Waals surface area contributed by atoms with Crippen molar-refractivity contribution in [2.24, 2.45) is 0 Å². The highest BCUT2D eigenvalue weighted by Gasteiger charge is 2.22. The van der Waals surface area contributed by atoms with E-state index < -0.39 is 0 Å². The zero-order valence-electron chi connectivity index (χ0n) is 15.5. The summed E-state index contributed by atoms with van der Waals surface area (Å²) < 4.78 is 10.7. The van der Waals surface area contributed by atoms with E-state index in [1.54, 1.807) is 30.7 Å². The van der Waals surface area contributed by atoms with E-state index >= 15 is 0 Å². The van der Waals surface area contributed by atoms with Gasteiger partial charge in [0.2, 0.25) is 5.95 Å². The quantitative estimate of drug-likeness (QED) is 0.505. The van der Waals surface area contributed by atoms with Crippen molar-refractivity contribution in [2.75, 3.05) is 20.0 Å². The molecule has 3 heterocycles. The van der Waals surface area contributed by atoms with E-state index in [1.807, 2.05) is 12.1 Å². The molecular formula is C20H15Cl2N5O2. The highest BCUT2D eigenvalue weighted by molar-refractivity contribution is 6.41. The minimum Gasteiger partial charge on any atom is -0.495 e. The molecule has 7 nitrogen and oxygen atoms in total. The molecule has 0 aliphatic heterocycles. The molecule has 0 fully saturated rings. The zero-order valence-corrected chi connectivity index (χ0v) is 17.0. The molecule has 0 amide bonds. The number of hydrogen-bond acceptors (Lipinski definition) is 7. The number of rotatable bonds is 4. The van der Waals surface area contributed by atoms with Gasteiger partial charge in [0.15, 0.2) is 0 Å². The standard InChI is InChI=1S/C20H15Cl2N5O2/c1-28-13-7-14(29-2)17(22)15(16(13)21)12-6-11-9-25-20(23)27-19(11)18(26-12)10-4-3-5-24-8-10/h3-9H,1-2H3,(H2,23,25,27). The van der Waals surface area contributed by atoms with Crippen LogP contribution in [0.3, 0.4) is 0 Å². The Labute approximate surface area is 176 Å². The third kappa shape index (κ3) is 3.39. The largest absolute Gasteiger partial charge is 0.495 e. The maximum Gasteiger partial charge on any atom is 0.220 e. The van der Waals surface area contributed by atoms with Crippen LogP contribution >= 0.6 is 23.2 Å². The topological polar surface area (TPSA) is 96.0 Å². The van der Waals surface area contributed by atoms with Crippen LogP contribution in [0.25, 0.3) is 33.4 Å². The van der Waals surface area contributed by atoms with Crippen LogP contribution < -0.4 is 15.2 Å². The fourth-order valence-corrected chi connectivity index (χ4v) is 3.69. The number of nitrogens with zero attached hydrogens (tertiary/aromatic N) is 4. The van der Waals surface area contributed by atoms with Crippen LogP contribution in [0.2, 0.25) is 10.0 Å². The summed E-state index contributed by atoms with van der Waals surface area (Å²) >= 11 is 13.2. The van der Waals surface area contributed by atoms with Gasteiger partial charge in [-0.05, 0) is 18.2 Å². The molecule has 146 valence electrons. The van der Waals surface area contributed by atoms with Crippen molar-refractivity contribution < 1.29 is 9.47 Å². The lowest BCUT2D eigenvalue weighted by molar-refractivity contribution is 0.395. The van der Waals surface area contributed by atoms with Gasteiger partial charge in [-0.3, -0.25) is 4.98 Å². The number of nitrogens with two attached hydrogens (primary N) is 1. The minimum absolute atomic E-state index is 0.149. The fourth-order valence-electron chi connectivity index (χ4n) is 3.00. The Morgan fingerprint density at radius 1 is 0.966 bits per heavy atom. The second-order valence-electron chi connectivity index (χ2n) is 6.05. The number of fused-ring (bicyclic) bond motifs is 1. The van der Waals surface area contributed by atoms with E-state index in [2.05, 4.69) is 15.0 Å². The Hall–Kier alpha value is -3.16. The molecule has 4 aromatic rings. The predicted molar refractivity (Wildman–Crippen MR) is 114 cm³/mol. The molecule has 0 radical (unpaired) electrons. The van der Waals surface area contributed by atoms with Crippen molar-refractivity contribution in [1.29, 1.82) is 0 Å². The first-order valence-corrected chi connectivity index (χ1v) is 9.23. The van der Waals surface area contributed by atoms with E-state index in [4.69, 9.17) is 43.4 Å². The molecule has 0 atom stereocenters. The second-order valence-corrected chi connectivity index (χ2v) is 6.80. The molecule has 0 spiro atoms. The summed E-state index contributed by atoms with van der Waals surface area (Å²) in [6, 6.07) is 7.11. The lowest BCUT2D eigenvalue weighted by atomic mass is 10.0. The van der Waals surface area contributed by atoms with Crippen LogP contribution in [-0.4, -0.2) is 34.2 Å². The Morgan fingerprint density at radius 2 is 1.69 bits per heavy atom. The second kappa shape index (κ2) is 7.69. The monoisotopic (exact) mass is 427 g/mol. The number of pyridine rings is 2. The molecule has 0 saturated carbocycles. The predicted octanol–water partition coefficient (Wildman–Crippen LogP) is 4.66. The van der Waals surface area contributed by atoms with Gasteiger partial charge in [-0.1, -0.05) is 23.2 Å². The summed E-state index contributed by atoms with van der Waals surface area (Å²) in [5, 5.41) is 1.36. The molecule has 2 N–H and O–H groups in total. The first-order valence-electron chi connectivity index (χ1n) is 8.47. The lowest BCUT2D eigenvalue weighted by Crippen LogP contribution is -2.00. The van der Waals surface area contributed by atoms with E-state index in [0.717, 1.165) is 10.9 Å². The first kappa shape index (κ1) is 19.2. The number of halogens is 2. The molecule has 0 saturated heterocycles. The van der Waals surface area contributed by atoms with Gasteiger partial charge in [0.05, 0.1) is 35.7 Å². The van der Waals surface area contributed by atoms with Crippen molar-refractivity contribution >= 4 is 40.1 Å². The number of ether oxygens (including phenoxy) is 2. The molecule has 0 aliphatic carbocycles. The third-order valence-corrected chi connectivity index (χ3v) is 5.10. The SMILES string of the molecule is COc1cc(OC)c(Cl)c(-c2cc3cnc(N)nc3c(-c3cccnc3)n2)c1Cl. The molecule has 3 aromatic heterocycles. The van der Waals surface area contributed by atoms with Crippen LogP contribution in [-0.2, 0) is 0 Å². The van der Waals surface area contributed by atoms with E-state index in [9.17, 15) is 0 Å². The van der Waals surface area contributed by atoms with Gasteiger partial charge in [-0.25, -0.2) is 15.0 Å². The summed E-state index contributed by atoms with van der Waals surface area (Å²) in [6.45, 7) is 0. The highest BCUT2D eigenvalue weighted by Crippen LogP contribution is 2.46. The summed E-state index contributed by atoms with van der Waals surface area (Å²) in [5.74, 6) is 0.985. The van der Waals surface area contributed by atoms with Crippen LogP contribution in [0.5, 0.6) is 11.5 Å². The molecule has 9 heteroatoms. The van der Waals surface area contributed by atoms with Gasteiger partial charge >= 0.3 is 0 Å². The van der Waals surface area contributed by atoms with Gasteiger partial charge < -0.3 is 15.2 Å². The van der Waals surface area contributed by atoms with Gasteiger partial charge in [-0.15, -0.1) is 0 Å². The van der Waals surface area contributed by atoms with Crippen LogP contribution in [0, 0.1) is 0 Å². The van der Waals surface area contributed by atoms with Crippen molar-refractivity contribution in [1.82, 2.24) is 19.9 Å². The first-order chi connectivity index (χ1) is 14.0. The Bertz CT molecular complexity index is 1190. The van der Waals surface area contributed by atoms with Crippen molar-refractivity contribution in [2.45, 2.75) is 0 Å². The lowest BCUT2D eigenvalue weighted by Gasteiger charge is -2.16. The number of nitrogen functional groups attached to an aromatic ring is 1. The summed E-state index contributed by atoms with van der Waals surface area (Å²) in [4.78, 5) is 17.4. The highest BCUT2D eigenvalue weighted by atomic mass is 35.5. The average molecular weight is 428 g/mol. The molecule has 0 unspecified atom stereocenters. The van der Waals surface area contributed by atoms with Crippen molar-refractivity contribution in [3.8, 4) is 34.0 Å². The van der Waals surface area contributed by atoms with Crippen molar-refractivity contribution in [3.63, 3.8) is 0 Å². The molecular weight excluding hydrogens is 413 g/mol. The summed E-state index contributed by atoms with van der Waals surface area (Å²) in [6.07, 6.45) is 5.00. The summed E-state index contributed by atoms with van der Waals surface area (Å²) in [5.41, 5.74) is 8.73. The third-order valence-electron chi connectivity index (χ3n) is 4.35. The minimum atomic E-state index is 0.149. The Kier molecular flexibility index (Phi) is 5.08. The van der Waals surface area contributed by atoms with E-state index in [-0.39, 0.29) is 5.95 Å². The van der Waals surface area contributed by atoms with E-state index in [1.165, 1.54) is 14.2 Å². The molecule has 29 heavy (non-hydrogen) atoms. The molecule has 1 aromatic carbocycles. The number of benzene rings is 1. The maximum atomic E-state index is 6.58. The summed E-state index contributed by atoms with van der Waals surface area (Å²) in [7, 11) is 3.04. The maximum absolute atomic E-state index is 6.58. The number of methoxy groups -OCH3 is 2. The normalized spacial score (nSPS) is 10.9. The number of anilines is 1. The smallest absolute Gasteiger partial charge is 0.220 e. The zero-order chi connectivity index (χ0) is 20.5. The Balaban J connectivity index is 2.08. The van der Waals surface area contributed by atoms with Crippen LogP contribution in [0.4, 0.5) is 5.95 Å².